The summed E-state index contributed by atoms with van der Waals surface area (Å²) in [6, 6.07) is 19.8. The van der Waals surface area contributed by atoms with Crippen LogP contribution in [0, 0.1) is 0 Å². The highest BCUT2D eigenvalue weighted by molar-refractivity contribution is 6.06. The minimum Gasteiger partial charge on any atom is -0.484 e. The van der Waals surface area contributed by atoms with Crippen molar-refractivity contribution in [1.82, 2.24) is 0 Å². The second-order valence-electron chi connectivity index (χ2n) is 7.28. The third-order valence-electron chi connectivity index (χ3n) is 5.35. The summed E-state index contributed by atoms with van der Waals surface area (Å²) in [5.74, 6) is 0.566. The van der Waals surface area contributed by atoms with Crippen molar-refractivity contribution in [2.24, 2.45) is 0 Å². The molecule has 4 nitrogen and oxygen atoms in total. The number of carbonyl (C=O) groups excluding carboxylic acids is 1. The molecule has 1 aliphatic carbocycles. The van der Waals surface area contributed by atoms with Crippen LogP contribution in [0.2, 0.25) is 0 Å². The first kappa shape index (κ1) is 16.9. The van der Waals surface area contributed by atoms with Gasteiger partial charge < -0.3 is 14.5 Å². The lowest BCUT2D eigenvalue weighted by Gasteiger charge is -2.16. The first-order valence-electron chi connectivity index (χ1n) is 9.72. The highest BCUT2D eigenvalue weighted by Gasteiger charge is 2.12. The first-order chi connectivity index (χ1) is 13.8. The molecule has 1 aliphatic rings. The van der Waals surface area contributed by atoms with E-state index in [1.165, 1.54) is 24.0 Å². The summed E-state index contributed by atoms with van der Waals surface area (Å²) in [5, 5.41) is 5.00. The minimum atomic E-state index is -0.187. The maximum absolute atomic E-state index is 12.3. The van der Waals surface area contributed by atoms with Crippen LogP contribution in [0.5, 0.6) is 5.75 Å². The molecule has 1 aromatic heterocycles. The van der Waals surface area contributed by atoms with Crippen molar-refractivity contribution in [1.29, 1.82) is 0 Å². The van der Waals surface area contributed by atoms with Gasteiger partial charge in [0.1, 0.15) is 16.9 Å². The molecule has 1 amide bonds. The summed E-state index contributed by atoms with van der Waals surface area (Å²) >= 11 is 0. The van der Waals surface area contributed by atoms with Crippen molar-refractivity contribution >= 4 is 33.5 Å². The molecular weight excluding hydrogens is 350 g/mol. The zero-order valence-corrected chi connectivity index (χ0v) is 15.5. The molecule has 0 unspecified atom stereocenters. The monoisotopic (exact) mass is 371 g/mol. The molecule has 0 aliphatic heterocycles. The molecule has 1 heterocycles. The second kappa shape index (κ2) is 7.04. The van der Waals surface area contributed by atoms with Gasteiger partial charge in [0, 0.05) is 22.5 Å². The Morgan fingerprint density at radius 1 is 0.893 bits per heavy atom. The number of nitrogens with one attached hydrogen (secondary N) is 1. The lowest BCUT2D eigenvalue weighted by molar-refractivity contribution is -0.118. The number of anilines is 1. The van der Waals surface area contributed by atoms with E-state index in [0.29, 0.717) is 5.69 Å². The summed E-state index contributed by atoms with van der Waals surface area (Å²) in [6.45, 7) is -0.0169. The lowest BCUT2D eigenvalue weighted by Crippen LogP contribution is -2.20. The number of aryl methyl sites for hydroxylation is 2. The Labute approximate surface area is 163 Å². The zero-order chi connectivity index (χ0) is 18.9. The third-order valence-corrected chi connectivity index (χ3v) is 5.35. The van der Waals surface area contributed by atoms with Gasteiger partial charge in [-0.1, -0.05) is 24.3 Å². The third kappa shape index (κ3) is 3.22. The number of rotatable bonds is 4. The molecule has 0 spiro atoms. The largest absolute Gasteiger partial charge is 0.484 e. The van der Waals surface area contributed by atoms with E-state index in [9.17, 15) is 4.79 Å². The number of benzene rings is 3. The molecule has 4 aromatic rings. The average molecular weight is 371 g/mol. The van der Waals surface area contributed by atoms with E-state index in [-0.39, 0.29) is 12.5 Å². The Morgan fingerprint density at radius 3 is 2.64 bits per heavy atom. The zero-order valence-electron chi connectivity index (χ0n) is 15.5. The van der Waals surface area contributed by atoms with E-state index in [0.717, 1.165) is 40.5 Å². The summed E-state index contributed by atoms with van der Waals surface area (Å²) < 4.78 is 11.6. The van der Waals surface area contributed by atoms with Gasteiger partial charge in [0.15, 0.2) is 6.61 Å². The SMILES string of the molecule is O=C(COc1ccc2c(c1)CCCC2)Nc1ccc2c(c1)oc1ccccc12. The Kier molecular flexibility index (Phi) is 4.24. The van der Waals surface area contributed by atoms with Crippen LogP contribution in [0.1, 0.15) is 24.0 Å². The first-order valence-corrected chi connectivity index (χ1v) is 9.72. The van der Waals surface area contributed by atoms with Gasteiger partial charge in [-0.15, -0.1) is 0 Å². The Balaban J connectivity index is 1.27. The molecule has 3 aromatic carbocycles. The molecule has 1 N–H and O–H groups in total. The topological polar surface area (TPSA) is 51.5 Å². The molecule has 0 saturated heterocycles. The van der Waals surface area contributed by atoms with E-state index >= 15 is 0 Å². The molecule has 0 saturated carbocycles. The van der Waals surface area contributed by atoms with Gasteiger partial charge in [0.05, 0.1) is 0 Å². The van der Waals surface area contributed by atoms with Crippen molar-refractivity contribution in [3.05, 3.63) is 71.8 Å². The second-order valence-corrected chi connectivity index (χ2v) is 7.28. The molecule has 0 fully saturated rings. The Morgan fingerprint density at radius 2 is 1.71 bits per heavy atom. The number of carbonyl (C=O) groups is 1. The van der Waals surface area contributed by atoms with Crippen LogP contribution < -0.4 is 10.1 Å². The van der Waals surface area contributed by atoms with Crippen LogP contribution in [0.3, 0.4) is 0 Å². The number of fused-ring (bicyclic) bond motifs is 4. The maximum atomic E-state index is 12.3. The Bertz CT molecular complexity index is 1180. The number of hydrogen-bond acceptors (Lipinski definition) is 3. The number of ether oxygens (including phenoxy) is 1. The van der Waals surface area contributed by atoms with E-state index in [1.807, 2.05) is 48.5 Å². The molecule has 0 atom stereocenters. The normalized spacial score (nSPS) is 13.4. The van der Waals surface area contributed by atoms with Gasteiger partial charge in [-0.25, -0.2) is 0 Å². The highest BCUT2D eigenvalue weighted by atomic mass is 16.5. The average Bonchev–Trinajstić information content (AvgIpc) is 3.10. The fourth-order valence-corrected chi connectivity index (χ4v) is 3.95. The number of para-hydroxylation sites is 1. The summed E-state index contributed by atoms with van der Waals surface area (Å²) in [4.78, 5) is 12.3. The van der Waals surface area contributed by atoms with Gasteiger partial charge in [-0.3, -0.25) is 4.79 Å². The predicted octanol–water partition coefficient (Wildman–Crippen LogP) is 5.48. The minimum absolute atomic E-state index is 0.0169. The number of hydrogen-bond donors (Lipinski definition) is 1. The highest BCUT2D eigenvalue weighted by Crippen LogP contribution is 2.30. The number of amides is 1. The van der Waals surface area contributed by atoms with E-state index in [4.69, 9.17) is 9.15 Å². The van der Waals surface area contributed by atoms with Crippen molar-refractivity contribution in [2.75, 3.05) is 11.9 Å². The van der Waals surface area contributed by atoms with Crippen LogP contribution >= 0.6 is 0 Å². The molecular formula is C24H21NO3. The molecule has 0 bridgehead atoms. The fourth-order valence-electron chi connectivity index (χ4n) is 3.95. The van der Waals surface area contributed by atoms with Gasteiger partial charge in [0.25, 0.3) is 5.91 Å². The molecule has 28 heavy (non-hydrogen) atoms. The van der Waals surface area contributed by atoms with Crippen LogP contribution in [0.25, 0.3) is 21.9 Å². The molecule has 0 radical (unpaired) electrons. The van der Waals surface area contributed by atoms with Gasteiger partial charge in [-0.05, 0) is 67.1 Å². The standard InChI is InChI=1S/C24H21NO3/c26-24(15-27-19-11-9-16-5-1-2-6-17(16)13-19)25-18-10-12-21-20-7-3-4-8-22(20)28-23(21)14-18/h3-4,7-14H,1-2,5-6,15H2,(H,25,26). The summed E-state index contributed by atoms with van der Waals surface area (Å²) in [5.41, 5.74) is 5.05. The maximum Gasteiger partial charge on any atom is 0.262 e. The Hall–Kier alpha value is -3.27. The predicted molar refractivity (Wildman–Crippen MR) is 111 cm³/mol. The summed E-state index contributed by atoms with van der Waals surface area (Å²) in [7, 11) is 0. The number of furan rings is 1. The van der Waals surface area contributed by atoms with Crippen LogP contribution in [-0.4, -0.2) is 12.5 Å². The quantitative estimate of drug-likeness (QED) is 0.517. The molecule has 5 rings (SSSR count). The van der Waals surface area contributed by atoms with Crippen molar-refractivity contribution in [3.63, 3.8) is 0 Å². The smallest absolute Gasteiger partial charge is 0.262 e. The summed E-state index contributed by atoms with van der Waals surface area (Å²) in [6.07, 6.45) is 4.71. The van der Waals surface area contributed by atoms with E-state index in [1.54, 1.807) is 0 Å². The molecule has 140 valence electrons. The lowest BCUT2D eigenvalue weighted by atomic mass is 9.92. The van der Waals surface area contributed by atoms with Gasteiger partial charge in [0.2, 0.25) is 0 Å². The van der Waals surface area contributed by atoms with E-state index < -0.39 is 0 Å². The van der Waals surface area contributed by atoms with Crippen LogP contribution in [0.4, 0.5) is 5.69 Å². The van der Waals surface area contributed by atoms with Crippen LogP contribution in [-0.2, 0) is 17.6 Å². The van der Waals surface area contributed by atoms with Gasteiger partial charge >= 0.3 is 0 Å². The van der Waals surface area contributed by atoms with E-state index in [2.05, 4.69) is 17.4 Å². The van der Waals surface area contributed by atoms with Crippen LogP contribution in [0.15, 0.2) is 65.1 Å². The fraction of sp³-hybridized carbons (Fsp3) is 0.208. The van der Waals surface area contributed by atoms with Crippen molar-refractivity contribution in [3.8, 4) is 5.75 Å². The molecule has 4 heteroatoms. The van der Waals surface area contributed by atoms with Gasteiger partial charge in [-0.2, -0.15) is 0 Å². The van der Waals surface area contributed by atoms with Crippen molar-refractivity contribution in [2.45, 2.75) is 25.7 Å². The van der Waals surface area contributed by atoms with Crippen molar-refractivity contribution < 1.29 is 13.9 Å².